The van der Waals surface area contributed by atoms with Gasteiger partial charge in [-0.2, -0.15) is 8.42 Å². The summed E-state index contributed by atoms with van der Waals surface area (Å²) in [5.74, 6) is 0.0848. The molecule has 0 unspecified atom stereocenters. The first kappa shape index (κ1) is 19.7. The number of rotatable bonds is 5. The van der Waals surface area contributed by atoms with Gasteiger partial charge in [0.25, 0.3) is 0 Å². The van der Waals surface area contributed by atoms with Crippen molar-refractivity contribution in [2.45, 2.75) is 19.4 Å². The molecule has 0 bridgehead atoms. The normalized spacial score (nSPS) is 15.1. The Morgan fingerprint density at radius 3 is 2.46 bits per heavy atom. The van der Waals surface area contributed by atoms with Crippen molar-refractivity contribution in [2.75, 3.05) is 0 Å². The number of hydrogen-bond acceptors (Lipinski definition) is 6. The highest BCUT2D eigenvalue weighted by molar-refractivity contribution is 7.81. The van der Waals surface area contributed by atoms with Crippen LogP contribution in [0.25, 0.3) is 12.2 Å². The van der Waals surface area contributed by atoms with E-state index in [-0.39, 0.29) is 22.8 Å². The highest BCUT2D eigenvalue weighted by Gasteiger charge is 2.24. The number of hydrogen-bond donors (Lipinski definition) is 2. The third-order valence-electron chi connectivity index (χ3n) is 3.99. The second kappa shape index (κ2) is 7.14. The van der Waals surface area contributed by atoms with E-state index in [0.29, 0.717) is 16.9 Å². The lowest BCUT2D eigenvalue weighted by Gasteiger charge is -2.28. The number of fused-ring (bicyclic) bond motifs is 1. The summed E-state index contributed by atoms with van der Waals surface area (Å²) in [5.41, 5.74) is 0.811. The molecule has 0 spiro atoms. The molecule has 0 radical (unpaired) electrons. The molecule has 2 N–H and O–H groups in total. The lowest BCUT2D eigenvalue weighted by atomic mass is 9.99. The lowest BCUT2D eigenvalue weighted by molar-refractivity contribution is 0.104. The summed E-state index contributed by atoms with van der Waals surface area (Å²) in [6.45, 7) is 3.81. The van der Waals surface area contributed by atoms with E-state index >= 15 is 0 Å². The number of aromatic hydroxyl groups is 1. The topological polar surface area (TPSA) is 110 Å². The highest BCUT2D eigenvalue weighted by atomic mass is 32.3. The van der Waals surface area contributed by atoms with Gasteiger partial charge in [-0.15, -0.1) is 0 Å². The smallest absolute Gasteiger partial charge is 0.446 e. The molecule has 0 fully saturated rings. The van der Waals surface area contributed by atoms with Gasteiger partial charge >= 0.3 is 10.4 Å². The standard InChI is InChI=1S/C20H18O7S/c1-20(2)12-11-16-18(26-20)10-6-14(19(16)22)5-9-17(21)13-3-7-15(8-4-13)27-28(23,24)25/h3-12,22H,1-2H3,(H,23,24,25). The van der Waals surface area contributed by atoms with Crippen LogP contribution in [0.2, 0.25) is 0 Å². The number of benzene rings is 2. The molecular weight excluding hydrogens is 384 g/mol. The van der Waals surface area contributed by atoms with E-state index in [0.717, 1.165) is 0 Å². The van der Waals surface area contributed by atoms with E-state index in [1.165, 1.54) is 36.4 Å². The molecule has 146 valence electrons. The van der Waals surface area contributed by atoms with Crippen molar-refractivity contribution in [3.8, 4) is 17.2 Å². The Balaban J connectivity index is 1.78. The Kier molecular flexibility index (Phi) is 5.01. The third-order valence-corrected chi connectivity index (χ3v) is 4.39. The molecule has 0 atom stereocenters. The number of phenolic OH excluding ortho intramolecular Hbond substituents is 1. The quantitative estimate of drug-likeness (QED) is 0.446. The number of ketones is 1. The Morgan fingerprint density at radius 2 is 1.82 bits per heavy atom. The van der Waals surface area contributed by atoms with Crippen LogP contribution in [0.4, 0.5) is 0 Å². The Morgan fingerprint density at radius 1 is 1.14 bits per heavy atom. The van der Waals surface area contributed by atoms with E-state index in [1.807, 2.05) is 19.9 Å². The van der Waals surface area contributed by atoms with E-state index in [4.69, 9.17) is 9.29 Å². The van der Waals surface area contributed by atoms with Gasteiger partial charge in [0, 0.05) is 11.1 Å². The first-order valence-corrected chi connectivity index (χ1v) is 9.64. The third kappa shape index (κ3) is 4.59. The molecule has 1 aliphatic rings. The number of ether oxygens (including phenoxy) is 1. The van der Waals surface area contributed by atoms with Gasteiger partial charge < -0.3 is 14.0 Å². The Bertz CT molecular complexity index is 1080. The van der Waals surface area contributed by atoms with Gasteiger partial charge in [0.2, 0.25) is 0 Å². The fraction of sp³-hybridized carbons (Fsp3) is 0.150. The van der Waals surface area contributed by atoms with E-state index in [1.54, 1.807) is 18.2 Å². The molecule has 2 aromatic carbocycles. The zero-order chi connectivity index (χ0) is 20.5. The zero-order valence-electron chi connectivity index (χ0n) is 15.1. The molecule has 28 heavy (non-hydrogen) atoms. The minimum atomic E-state index is -4.62. The van der Waals surface area contributed by atoms with Crippen molar-refractivity contribution in [3.63, 3.8) is 0 Å². The molecular formula is C20H18O7S. The van der Waals surface area contributed by atoms with Gasteiger partial charge in [0.15, 0.2) is 5.78 Å². The predicted octanol–water partition coefficient (Wildman–Crippen LogP) is 3.65. The summed E-state index contributed by atoms with van der Waals surface area (Å²) in [4.78, 5) is 12.3. The Labute approximate surface area is 162 Å². The zero-order valence-corrected chi connectivity index (χ0v) is 15.9. The lowest BCUT2D eigenvalue weighted by Crippen LogP contribution is -2.27. The minimum absolute atomic E-state index is 0.00482. The van der Waals surface area contributed by atoms with Crippen LogP contribution in [0.15, 0.2) is 48.6 Å². The summed E-state index contributed by atoms with van der Waals surface area (Å²) in [6.07, 6.45) is 6.39. The van der Waals surface area contributed by atoms with E-state index in [2.05, 4.69) is 4.18 Å². The van der Waals surface area contributed by atoms with Gasteiger partial charge in [-0.1, -0.05) is 0 Å². The largest absolute Gasteiger partial charge is 0.507 e. The van der Waals surface area contributed by atoms with Gasteiger partial charge in [-0.25, -0.2) is 0 Å². The Hall–Kier alpha value is -3.10. The highest BCUT2D eigenvalue weighted by Crippen LogP contribution is 2.38. The summed E-state index contributed by atoms with van der Waals surface area (Å²) >= 11 is 0. The average Bonchev–Trinajstić information content (AvgIpc) is 2.59. The predicted molar refractivity (Wildman–Crippen MR) is 104 cm³/mol. The van der Waals surface area contributed by atoms with Crippen LogP contribution in [0.5, 0.6) is 17.2 Å². The first-order chi connectivity index (χ1) is 13.0. The van der Waals surface area contributed by atoms with Crippen molar-refractivity contribution in [3.05, 3.63) is 65.2 Å². The van der Waals surface area contributed by atoms with Crippen molar-refractivity contribution < 1.29 is 31.8 Å². The molecule has 2 aromatic rings. The molecule has 1 aliphatic heterocycles. The molecule has 1 heterocycles. The molecule has 0 saturated heterocycles. The van der Waals surface area contributed by atoms with E-state index in [9.17, 15) is 18.3 Å². The van der Waals surface area contributed by atoms with Crippen molar-refractivity contribution in [1.29, 1.82) is 0 Å². The van der Waals surface area contributed by atoms with Crippen LogP contribution < -0.4 is 8.92 Å². The second-order valence-corrected chi connectivity index (χ2v) is 7.71. The molecule has 7 nitrogen and oxygen atoms in total. The molecule has 0 amide bonds. The molecule has 0 aliphatic carbocycles. The van der Waals surface area contributed by atoms with Crippen molar-refractivity contribution in [2.24, 2.45) is 0 Å². The van der Waals surface area contributed by atoms with Crippen LogP contribution in [0.1, 0.15) is 35.3 Å². The molecule has 3 rings (SSSR count). The number of carbonyl (C=O) groups is 1. The number of carbonyl (C=O) groups excluding carboxylic acids is 1. The minimum Gasteiger partial charge on any atom is -0.507 e. The molecule has 0 aromatic heterocycles. The second-order valence-electron chi connectivity index (χ2n) is 6.69. The van der Waals surface area contributed by atoms with Crippen LogP contribution in [-0.2, 0) is 10.4 Å². The van der Waals surface area contributed by atoms with Crippen LogP contribution >= 0.6 is 0 Å². The average molecular weight is 402 g/mol. The van der Waals surface area contributed by atoms with Crippen molar-refractivity contribution >= 4 is 28.3 Å². The summed E-state index contributed by atoms with van der Waals surface area (Å²) in [7, 11) is -4.62. The maximum atomic E-state index is 12.3. The fourth-order valence-corrected chi connectivity index (χ4v) is 3.00. The van der Waals surface area contributed by atoms with Gasteiger partial charge in [0.05, 0.1) is 5.56 Å². The number of allylic oxidation sites excluding steroid dienone is 1. The maximum Gasteiger partial charge on any atom is 0.446 e. The van der Waals surface area contributed by atoms with Gasteiger partial charge in [0.1, 0.15) is 22.8 Å². The van der Waals surface area contributed by atoms with Gasteiger partial charge in [-0.05, 0) is 74.5 Å². The van der Waals surface area contributed by atoms with Gasteiger partial charge in [-0.3, -0.25) is 9.35 Å². The van der Waals surface area contributed by atoms with Crippen LogP contribution in [-0.4, -0.2) is 29.5 Å². The van der Waals surface area contributed by atoms with Crippen molar-refractivity contribution in [1.82, 2.24) is 0 Å². The van der Waals surface area contributed by atoms with E-state index < -0.39 is 16.0 Å². The monoisotopic (exact) mass is 402 g/mol. The fourth-order valence-electron chi connectivity index (χ4n) is 2.65. The molecule has 8 heteroatoms. The van der Waals surface area contributed by atoms with Crippen LogP contribution in [0, 0.1) is 0 Å². The maximum absolute atomic E-state index is 12.3. The molecule has 0 saturated carbocycles. The number of phenols is 1. The summed E-state index contributed by atoms with van der Waals surface area (Å²) in [6, 6.07) is 8.59. The van der Waals surface area contributed by atoms with Crippen LogP contribution in [0.3, 0.4) is 0 Å². The summed E-state index contributed by atoms with van der Waals surface area (Å²) < 4.78 is 40.0. The summed E-state index contributed by atoms with van der Waals surface area (Å²) in [5, 5.41) is 10.4. The first-order valence-electron chi connectivity index (χ1n) is 8.28. The SMILES string of the molecule is CC1(C)C=Cc2c(ccc(C=CC(=O)c3ccc(OS(=O)(=O)O)cc3)c2O)O1.